The number of benzene rings is 2. The second-order valence-corrected chi connectivity index (χ2v) is 21.3. The lowest BCUT2D eigenvalue weighted by molar-refractivity contribution is -0.292. The van der Waals surface area contributed by atoms with Gasteiger partial charge in [-0.15, -0.1) is 0 Å². The number of carbonyl (C=O) groups is 5. The smallest absolute Gasteiger partial charge is 0.508 e. The third kappa shape index (κ3) is 9.30. The van der Waals surface area contributed by atoms with Crippen LogP contribution in [0.15, 0.2) is 17.9 Å². The number of Topliss-reactive ketones (excluding diaryl/α,β-unsaturated/α-hetero) is 1. The van der Waals surface area contributed by atoms with E-state index in [2.05, 4.69) is 75.5 Å². The van der Waals surface area contributed by atoms with Crippen LogP contribution in [0, 0.1) is 0 Å². The second kappa shape index (κ2) is 18.7. The Morgan fingerprint density at radius 2 is 1.15 bits per heavy atom. The van der Waals surface area contributed by atoms with E-state index in [1.165, 1.54) is 0 Å². The molecule has 1 aliphatic carbocycles. The molecule has 2 N–H and O–H groups in total. The van der Waals surface area contributed by atoms with Crippen molar-refractivity contribution in [1.82, 2.24) is 4.58 Å². The molecule has 4 heterocycles. The van der Waals surface area contributed by atoms with Crippen LogP contribution in [0.2, 0.25) is 0 Å². The van der Waals surface area contributed by atoms with Gasteiger partial charge in [-0.2, -0.15) is 0 Å². The van der Waals surface area contributed by atoms with E-state index in [1.54, 1.807) is 0 Å². The average Bonchev–Trinajstić information content (AvgIpc) is 3.23. The number of allylic oxidation sites excluding steroid dienone is 2. The van der Waals surface area contributed by atoms with Gasteiger partial charge in [0.2, 0.25) is 17.2 Å². The molecule has 7 rings (SSSR count). The first-order valence-corrected chi connectivity index (χ1v) is 24.1. The highest BCUT2D eigenvalue weighted by atomic mass is 16.7. The molecule has 14 heteroatoms. The molecule has 0 saturated heterocycles. The lowest BCUT2D eigenvalue weighted by atomic mass is 9.66. The normalized spacial score (nSPS) is 20.1. The first kappa shape index (κ1) is 48.5. The van der Waals surface area contributed by atoms with E-state index in [-0.39, 0.29) is 61.2 Å². The molecule has 4 aliphatic heterocycles. The summed E-state index contributed by atoms with van der Waals surface area (Å²) in [5.41, 5.74) is 4.39. The van der Waals surface area contributed by atoms with E-state index in [4.69, 9.17) is 18.9 Å². The van der Waals surface area contributed by atoms with Gasteiger partial charge in [0.25, 0.3) is 0 Å². The van der Waals surface area contributed by atoms with Crippen molar-refractivity contribution in [1.29, 1.82) is 0 Å². The molecule has 358 valence electrons. The summed E-state index contributed by atoms with van der Waals surface area (Å²) in [6.45, 7) is 24.5. The molecular formula is C52H70N4O10. The van der Waals surface area contributed by atoms with Crippen LogP contribution in [0.25, 0.3) is 11.1 Å². The maximum Gasteiger partial charge on any atom is 0.508 e. The number of nitrogens with one attached hydrogen (secondary N) is 2. The lowest BCUT2D eigenvalue weighted by Gasteiger charge is -2.49. The Morgan fingerprint density at radius 3 is 1.71 bits per heavy atom. The number of amides is 2. The fourth-order valence-electron chi connectivity index (χ4n) is 10.3. The third-order valence-electron chi connectivity index (χ3n) is 14.6. The molecule has 2 amide bonds. The highest BCUT2D eigenvalue weighted by Crippen LogP contribution is 2.55. The summed E-state index contributed by atoms with van der Waals surface area (Å²) in [6.07, 6.45) is 4.37. The van der Waals surface area contributed by atoms with Crippen molar-refractivity contribution >= 4 is 58.1 Å². The minimum absolute atomic E-state index is 0.0248. The number of hydrogen-bond acceptors (Lipinski definition) is 11. The number of nitrogens with zero attached hydrogens (tertiary/aromatic N) is 2. The summed E-state index contributed by atoms with van der Waals surface area (Å²) in [6, 6.07) is 3.87. The molecule has 0 aromatic heterocycles. The number of ether oxygens (including phenoxy) is 4. The summed E-state index contributed by atoms with van der Waals surface area (Å²) >= 11 is 0. The zero-order valence-electron chi connectivity index (χ0n) is 40.9. The predicted octanol–water partition coefficient (Wildman–Crippen LogP) is 6.78. The molecule has 0 atom stereocenters. The Bertz CT molecular complexity index is 2490. The van der Waals surface area contributed by atoms with Crippen LogP contribution in [0.3, 0.4) is 0 Å². The number of ketones is 1. The fourth-order valence-corrected chi connectivity index (χ4v) is 10.3. The zero-order valence-corrected chi connectivity index (χ0v) is 40.9. The van der Waals surface area contributed by atoms with Gasteiger partial charge in [0.15, 0.2) is 5.78 Å². The van der Waals surface area contributed by atoms with Crippen molar-refractivity contribution < 1.29 is 48.0 Å². The number of unbranched alkanes of at least 4 members (excludes halogenated alkanes) is 2. The summed E-state index contributed by atoms with van der Waals surface area (Å²) < 4.78 is 23.0. The van der Waals surface area contributed by atoms with E-state index in [9.17, 15) is 19.2 Å². The van der Waals surface area contributed by atoms with Crippen molar-refractivity contribution in [2.45, 2.75) is 155 Å². The lowest BCUT2D eigenvalue weighted by Crippen LogP contribution is -2.54. The Hall–Kier alpha value is -5.40. The van der Waals surface area contributed by atoms with Gasteiger partial charge in [-0.1, -0.05) is 87.8 Å². The Kier molecular flexibility index (Phi) is 13.8. The average molecular weight is 911 g/mol. The minimum Gasteiger partial charge on any atom is -0.871 e. The van der Waals surface area contributed by atoms with Crippen molar-refractivity contribution in [3.05, 3.63) is 56.3 Å². The van der Waals surface area contributed by atoms with Gasteiger partial charge in [-0.3, -0.25) is 14.4 Å². The maximum absolute atomic E-state index is 15.2. The molecule has 14 nitrogen and oxygen atoms in total. The number of rotatable bonds is 15. The first-order chi connectivity index (χ1) is 31.1. The SMILES string of the molecule is CCCCOC(=O)OCCC(=O)Nc1c(C2=C([O-])/C(=c3/cc4c5c(c3NC(=O)CCOC(=O)OCCCC)C(C)(C)CC[N+]=5CCC4(C)C)C2=O)cc2c3c1C(C)(C)CCN3CCC2(C)C. The highest BCUT2D eigenvalue weighted by molar-refractivity contribution is 6.52. The van der Waals surface area contributed by atoms with Crippen molar-refractivity contribution in [2.24, 2.45) is 0 Å². The predicted molar refractivity (Wildman–Crippen MR) is 252 cm³/mol. The maximum atomic E-state index is 15.2. The summed E-state index contributed by atoms with van der Waals surface area (Å²) in [4.78, 5) is 69.8. The standard InChI is InChI=1S/C52H70N4O10/c1-11-13-25-63-47(61)65-27-15-35(57)53-41-31(29-33-43-39(41)51(7,8)19-23-55(43)21-17-49(33,3)4)37-45(59)38(46(37)60)32-30-34-44-40(52(9,10)20-24-56(44)22-18-50(34,5)6)42(32)54-36(58)16-28-66-48(62)64-26-14-12-2/h29-30H,11-28H2,1-10H3,(H2,53,54,57,58,59,60). The van der Waals surface area contributed by atoms with Gasteiger partial charge in [0.1, 0.15) is 26.3 Å². The van der Waals surface area contributed by atoms with E-state index < -0.39 is 46.5 Å². The molecule has 0 fully saturated rings. The quantitative estimate of drug-likeness (QED) is 0.110. The van der Waals surface area contributed by atoms with Crippen LogP contribution in [-0.2, 0) is 55.0 Å². The van der Waals surface area contributed by atoms with Crippen LogP contribution in [0.4, 0.5) is 26.7 Å². The van der Waals surface area contributed by atoms with Crippen molar-refractivity contribution in [2.75, 3.05) is 68.1 Å². The monoisotopic (exact) mass is 911 g/mol. The molecule has 0 radical (unpaired) electrons. The molecule has 5 aliphatic rings. The van der Waals surface area contributed by atoms with E-state index >= 15 is 9.90 Å². The van der Waals surface area contributed by atoms with Gasteiger partial charge < -0.3 is 39.6 Å². The second-order valence-electron chi connectivity index (χ2n) is 21.3. The Labute approximate surface area is 389 Å². The van der Waals surface area contributed by atoms with E-state index in [0.29, 0.717) is 35.0 Å². The van der Waals surface area contributed by atoms with E-state index in [1.807, 2.05) is 26.0 Å². The van der Waals surface area contributed by atoms with Crippen LogP contribution in [0.1, 0.15) is 161 Å². The summed E-state index contributed by atoms with van der Waals surface area (Å²) in [7, 11) is 0. The molecule has 66 heavy (non-hydrogen) atoms. The van der Waals surface area contributed by atoms with Gasteiger partial charge in [-0.05, 0) is 54.2 Å². The number of carbonyl (C=O) groups excluding carboxylic acids is 5. The van der Waals surface area contributed by atoms with Crippen LogP contribution in [-0.4, -0.2) is 82.5 Å². The van der Waals surface area contributed by atoms with Gasteiger partial charge in [0.05, 0.1) is 43.0 Å². The minimum atomic E-state index is -0.841. The Balaban J connectivity index is 1.38. The van der Waals surface area contributed by atoms with Gasteiger partial charge in [0, 0.05) is 75.5 Å². The van der Waals surface area contributed by atoms with Crippen LogP contribution in [0.5, 0.6) is 0 Å². The number of hydrogen-bond donors (Lipinski definition) is 2. The van der Waals surface area contributed by atoms with Gasteiger partial charge in [-0.25, -0.2) is 14.2 Å². The fraction of sp³-hybridized carbons (Fsp3) is 0.615. The molecule has 0 spiro atoms. The molecule has 2 aromatic carbocycles. The molecule has 0 saturated carbocycles. The summed E-state index contributed by atoms with van der Waals surface area (Å²) in [5.74, 6) is -1.82. The number of anilines is 3. The topological polar surface area (TPSA) is 176 Å². The molecular weight excluding hydrogens is 841 g/mol. The van der Waals surface area contributed by atoms with Crippen LogP contribution < -0.4 is 35.8 Å². The zero-order chi connectivity index (χ0) is 47.9. The molecule has 0 unspecified atom stereocenters. The van der Waals surface area contributed by atoms with Gasteiger partial charge >= 0.3 is 12.3 Å². The first-order valence-electron chi connectivity index (χ1n) is 24.1. The van der Waals surface area contributed by atoms with Crippen molar-refractivity contribution in [3.8, 4) is 0 Å². The Morgan fingerprint density at radius 1 is 0.652 bits per heavy atom. The van der Waals surface area contributed by atoms with E-state index in [0.717, 1.165) is 98.0 Å². The highest BCUT2D eigenvalue weighted by Gasteiger charge is 2.46. The van der Waals surface area contributed by atoms with Crippen LogP contribution >= 0.6 is 0 Å². The molecule has 2 aromatic rings. The van der Waals surface area contributed by atoms with Crippen molar-refractivity contribution in [3.63, 3.8) is 0 Å². The largest absolute Gasteiger partial charge is 0.871 e. The third-order valence-corrected chi connectivity index (χ3v) is 14.6. The molecule has 0 bridgehead atoms. The summed E-state index contributed by atoms with van der Waals surface area (Å²) in [5, 5.41) is 22.8.